The Balaban J connectivity index is 3.17. The van der Waals surface area contributed by atoms with Crippen LogP contribution in [-0.4, -0.2) is 35.5 Å². The number of methoxy groups -OCH3 is 1. The number of ether oxygens (including phenoxy) is 1. The van der Waals surface area contributed by atoms with Gasteiger partial charge in [0.2, 0.25) is 0 Å². The maximum absolute atomic E-state index is 13.3. The van der Waals surface area contributed by atoms with Crippen LogP contribution in [0.25, 0.3) is 0 Å². The van der Waals surface area contributed by atoms with Crippen LogP contribution in [0.2, 0.25) is 13.3 Å². The molecule has 0 saturated heterocycles. The third-order valence-electron chi connectivity index (χ3n) is 6.00. The number of benzene rings is 1. The van der Waals surface area contributed by atoms with Crippen molar-refractivity contribution in [1.29, 1.82) is 0 Å². The zero-order valence-corrected chi connectivity index (χ0v) is 22.2. The number of hydrogen-bond donors (Lipinski definition) is 1. The fourth-order valence-corrected chi connectivity index (χ4v) is 21.1. The van der Waals surface area contributed by atoms with Gasteiger partial charge in [0.1, 0.15) is 0 Å². The van der Waals surface area contributed by atoms with Crippen LogP contribution >= 0.6 is 0 Å². The number of hydrogen-bond acceptors (Lipinski definition) is 2. The van der Waals surface area contributed by atoms with Crippen molar-refractivity contribution in [2.75, 3.05) is 7.11 Å². The molecule has 4 heteroatoms. The molecule has 0 bridgehead atoms. The van der Waals surface area contributed by atoms with Gasteiger partial charge in [-0.1, -0.05) is 0 Å². The van der Waals surface area contributed by atoms with Crippen LogP contribution in [0.4, 0.5) is 0 Å². The van der Waals surface area contributed by atoms with Gasteiger partial charge >= 0.3 is 184 Å². The van der Waals surface area contributed by atoms with Gasteiger partial charge in [0.05, 0.1) is 0 Å². The van der Waals surface area contributed by atoms with E-state index in [1.54, 1.807) is 7.11 Å². The molecule has 0 radical (unpaired) electrons. The van der Waals surface area contributed by atoms with Gasteiger partial charge in [-0.25, -0.2) is 0 Å². The van der Waals surface area contributed by atoms with Crippen molar-refractivity contribution < 1.29 is 9.53 Å². The number of rotatable bonds is 15. The monoisotopic (exact) mass is 509 g/mol. The van der Waals surface area contributed by atoms with Crippen LogP contribution < -0.4 is 5.32 Å². The fourth-order valence-electron chi connectivity index (χ4n) is 4.28. The summed E-state index contributed by atoms with van der Waals surface area (Å²) in [5.74, 6) is 0.00682. The molecule has 29 heavy (non-hydrogen) atoms. The summed E-state index contributed by atoms with van der Waals surface area (Å²) >= 11 is -2.64. The zero-order chi connectivity index (χ0) is 21.5. The summed E-state index contributed by atoms with van der Waals surface area (Å²) in [6, 6.07) is 9.84. The number of carbonyl (C=O) groups is 1. The SMILES string of the molecule is C/C=C/[CH](NC(=O)C(OC)c1ccccc1)[Sn]([CH2]CCC)([CH2]CCC)[CH2]CCC. The first kappa shape index (κ1) is 26.2. The van der Waals surface area contributed by atoms with Crippen molar-refractivity contribution in [3.05, 3.63) is 48.0 Å². The second-order valence-corrected chi connectivity index (χ2v) is 22.0. The van der Waals surface area contributed by atoms with Gasteiger partial charge in [0.15, 0.2) is 0 Å². The summed E-state index contributed by atoms with van der Waals surface area (Å²) in [4.78, 5) is 13.3. The van der Waals surface area contributed by atoms with Crippen molar-refractivity contribution in [3.8, 4) is 0 Å². The Morgan fingerprint density at radius 2 is 1.52 bits per heavy atom. The van der Waals surface area contributed by atoms with Crippen LogP contribution in [0, 0.1) is 0 Å². The molecule has 1 amide bonds. The Labute approximate surface area is 183 Å². The van der Waals surface area contributed by atoms with Gasteiger partial charge in [-0.2, -0.15) is 0 Å². The molecule has 2 atom stereocenters. The molecule has 3 nitrogen and oxygen atoms in total. The third kappa shape index (κ3) is 8.45. The topological polar surface area (TPSA) is 38.3 Å². The molecule has 0 heterocycles. The minimum atomic E-state index is -2.64. The summed E-state index contributed by atoms with van der Waals surface area (Å²) < 4.78 is 9.96. The summed E-state index contributed by atoms with van der Waals surface area (Å²) in [5, 5.41) is 3.48. The van der Waals surface area contributed by atoms with E-state index in [0.29, 0.717) is 0 Å². The second-order valence-electron chi connectivity index (χ2n) is 8.21. The molecule has 1 rings (SSSR count). The van der Waals surface area contributed by atoms with Crippen LogP contribution in [0.1, 0.15) is 77.9 Å². The van der Waals surface area contributed by atoms with E-state index in [-0.39, 0.29) is 9.96 Å². The first-order chi connectivity index (χ1) is 14.1. The van der Waals surface area contributed by atoms with Gasteiger partial charge in [0, 0.05) is 0 Å². The molecule has 1 N–H and O–H groups in total. The first-order valence-corrected chi connectivity index (χ1v) is 19.3. The molecule has 0 spiro atoms. The molecule has 1 aromatic rings. The number of unbranched alkanes of at least 4 members (excludes halogenated alkanes) is 3. The second kappa shape index (κ2) is 15.1. The number of nitrogens with one attached hydrogen (secondary N) is 1. The zero-order valence-electron chi connectivity index (χ0n) is 19.4. The molecule has 0 aromatic heterocycles. The van der Waals surface area contributed by atoms with E-state index in [1.165, 1.54) is 51.8 Å². The maximum atomic E-state index is 13.3. The van der Waals surface area contributed by atoms with Gasteiger partial charge in [-0.3, -0.25) is 0 Å². The molecular formula is C25H43NO2Sn. The molecule has 0 saturated carbocycles. The van der Waals surface area contributed by atoms with Gasteiger partial charge in [-0.15, -0.1) is 0 Å². The molecule has 0 fully saturated rings. The molecule has 0 aliphatic carbocycles. The predicted molar refractivity (Wildman–Crippen MR) is 128 cm³/mol. The van der Waals surface area contributed by atoms with E-state index in [1.807, 2.05) is 30.3 Å². The van der Waals surface area contributed by atoms with Gasteiger partial charge in [-0.05, 0) is 0 Å². The van der Waals surface area contributed by atoms with E-state index < -0.39 is 24.5 Å². The third-order valence-corrected chi connectivity index (χ3v) is 22.3. The molecule has 0 aliphatic rings. The van der Waals surface area contributed by atoms with Crippen molar-refractivity contribution in [3.63, 3.8) is 0 Å². The summed E-state index contributed by atoms with van der Waals surface area (Å²) in [7, 11) is 1.63. The Morgan fingerprint density at radius 1 is 1.00 bits per heavy atom. The molecule has 164 valence electrons. The summed E-state index contributed by atoms with van der Waals surface area (Å²) in [6.45, 7) is 8.95. The van der Waals surface area contributed by atoms with Gasteiger partial charge in [0.25, 0.3) is 0 Å². The molecule has 2 unspecified atom stereocenters. The van der Waals surface area contributed by atoms with E-state index in [2.05, 4.69) is 45.2 Å². The summed E-state index contributed by atoms with van der Waals surface area (Å²) in [6.07, 6.45) is 11.5. The van der Waals surface area contributed by atoms with Crippen molar-refractivity contribution in [2.45, 2.75) is 89.7 Å². The number of allylic oxidation sites excluding steroid dienone is 1. The van der Waals surface area contributed by atoms with E-state index in [0.717, 1.165) is 5.56 Å². The average Bonchev–Trinajstić information content (AvgIpc) is 2.74. The van der Waals surface area contributed by atoms with Crippen LogP contribution in [0.3, 0.4) is 0 Å². The number of carbonyl (C=O) groups excluding carboxylic acids is 1. The fraction of sp³-hybridized carbons (Fsp3) is 0.640. The summed E-state index contributed by atoms with van der Waals surface area (Å²) in [5.41, 5.74) is 0.920. The van der Waals surface area contributed by atoms with Crippen molar-refractivity contribution in [1.82, 2.24) is 5.32 Å². The van der Waals surface area contributed by atoms with Crippen LogP contribution in [-0.2, 0) is 9.53 Å². The first-order valence-electron chi connectivity index (χ1n) is 11.6. The predicted octanol–water partition coefficient (Wildman–Crippen LogP) is 6.82. The average molecular weight is 508 g/mol. The standard InChI is InChI=1S/C13H16NO2.3C4H9.Sn/c1-3-4-10-14-13(15)12(16-2)11-8-6-5-7-9-11;3*1-3-4-2;/h3-10,12H,1-2H3,(H,14,15);3*1,3-4H2,2H3;/b4-3+;;;;. The van der Waals surface area contributed by atoms with E-state index in [4.69, 9.17) is 4.74 Å². The quantitative estimate of drug-likeness (QED) is 0.209. The van der Waals surface area contributed by atoms with E-state index >= 15 is 0 Å². The van der Waals surface area contributed by atoms with Crippen LogP contribution in [0.5, 0.6) is 0 Å². The van der Waals surface area contributed by atoms with Crippen molar-refractivity contribution >= 4 is 24.3 Å². The Hall–Kier alpha value is -0.811. The minimum absolute atomic E-state index is 0.00682. The van der Waals surface area contributed by atoms with Crippen LogP contribution in [0.15, 0.2) is 42.5 Å². The van der Waals surface area contributed by atoms with Gasteiger partial charge < -0.3 is 0 Å². The Morgan fingerprint density at radius 3 is 1.93 bits per heavy atom. The normalized spacial score (nSPS) is 14.1. The molecule has 0 aliphatic heterocycles. The molecule has 1 aromatic carbocycles. The Kier molecular flexibility index (Phi) is 13.6. The van der Waals surface area contributed by atoms with E-state index in [9.17, 15) is 4.79 Å². The number of amides is 1. The van der Waals surface area contributed by atoms with Crippen molar-refractivity contribution in [2.24, 2.45) is 0 Å². The Bertz CT molecular complexity index is 566. The molecular weight excluding hydrogens is 465 g/mol.